The molecule has 1 aromatic carbocycles. The monoisotopic (exact) mass is 308 g/mol. The van der Waals surface area contributed by atoms with Crippen molar-refractivity contribution in [1.82, 2.24) is 10.3 Å². The fraction of sp³-hybridized carbons (Fsp3) is 0.474. The van der Waals surface area contributed by atoms with E-state index in [1.54, 1.807) is 0 Å². The topological polar surface area (TPSA) is 51.2 Å². The van der Waals surface area contributed by atoms with Crippen molar-refractivity contribution in [3.8, 4) is 0 Å². The summed E-state index contributed by atoms with van der Waals surface area (Å²) in [5.41, 5.74) is 2.75. The number of benzene rings is 1. The van der Waals surface area contributed by atoms with E-state index in [4.69, 9.17) is 9.72 Å². The van der Waals surface area contributed by atoms with Crippen LogP contribution >= 0.6 is 0 Å². The molecule has 3 aliphatic rings. The highest BCUT2D eigenvalue weighted by Crippen LogP contribution is 2.40. The quantitative estimate of drug-likeness (QED) is 0.947. The van der Waals surface area contributed by atoms with Gasteiger partial charge in [0.25, 0.3) is 5.91 Å². The number of carbonyl (C=O) groups excluding carboxylic acids is 1. The third-order valence-corrected chi connectivity index (χ3v) is 5.40. The molecule has 2 saturated heterocycles. The summed E-state index contributed by atoms with van der Waals surface area (Å²) in [6, 6.07) is 10.1. The van der Waals surface area contributed by atoms with E-state index in [1.807, 2.05) is 30.3 Å². The Morgan fingerprint density at radius 3 is 2.78 bits per heavy atom. The minimum Gasteiger partial charge on any atom is -0.373 e. The van der Waals surface area contributed by atoms with Crippen molar-refractivity contribution in [2.75, 3.05) is 0 Å². The average Bonchev–Trinajstić information content (AvgIpc) is 3.23. The number of ether oxygens (including phenoxy) is 1. The van der Waals surface area contributed by atoms with E-state index in [1.165, 1.54) is 12.8 Å². The van der Waals surface area contributed by atoms with Gasteiger partial charge in [-0.05, 0) is 44.2 Å². The molecule has 3 atom stereocenters. The van der Waals surface area contributed by atoms with E-state index in [0.717, 1.165) is 41.4 Å². The van der Waals surface area contributed by atoms with Crippen LogP contribution in [0.15, 0.2) is 30.3 Å². The molecule has 1 amide bonds. The van der Waals surface area contributed by atoms with Crippen LogP contribution in [0.2, 0.25) is 0 Å². The summed E-state index contributed by atoms with van der Waals surface area (Å²) >= 11 is 0. The molecule has 4 nitrogen and oxygen atoms in total. The summed E-state index contributed by atoms with van der Waals surface area (Å²) in [6.07, 6.45) is 6.09. The lowest BCUT2D eigenvalue weighted by Gasteiger charge is -2.20. The molecule has 0 unspecified atom stereocenters. The highest BCUT2D eigenvalue weighted by molar-refractivity contribution is 6.06. The van der Waals surface area contributed by atoms with Crippen LogP contribution in [-0.4, -0.2) is 29.1 Å². The molecule has 0 spiro atoms. The molecule has 4 heteroatoms. The van der Waals surface area contributed by atoms with Crippen LogP contribution in [-0.2, 0) is 4.74 Å². The van der Waals surface area contributed by atoms with Crippen molar-refractivity contribution in [2.24, 2.45) is 0 Å². The molecule has 0 radical (unpaired) electrons. The Balaban J connectivity index is 1.49. The number of nitrogens with one attached hydrogen (secondary N) is 1. The minimum absolute atomic E-state index is 0.0200. The summed E-state index contributed by atoms with van der Waals surface area (Å²) < 4.78 is 5.85. The van der Waals surface area contributed by atoms with Crippen LogP contribution in [0.1, 0.15) is 54.1 Å². The number of aromatic nitrogens is 1. The molecule has 118 valence electrons. The fourth-order valence-corrected chi connectivity index (χ4v) is 4.01. The van der Waals surface area contributed by atoms with E-state index in [0.29, 0.717) is 12.0 Å². The van der Waals surface area contributed by atoms with Crippen molar-refractivity contribution >= 4 is 16.8 Å². The molecule has 1 aromatic heterocycles. The number of hydrogen-bond acceptors (Lipinski definition) is 3. The van der Waals surface area contributed by atoms with E-state index in [9.17, 15) is 4.79 Å². The highest BCUT2D eigenvalue weighted by Gasteiger charge is 2.41. The molecule has 2 aliphatic heterocycles. The van der Waals surface area contributed by atoms with Crippen LogP contribution in [0, 0.1) is 0 Å². The number of fused-ring (bicyclic) bond motifs is 3. The highest BCUT2D eigenvalue weighted by atomic mass is 16.5. The number of para-hydroxylation sites is 1. The van der Waals surface area contributed by atoms with Gasteiger partial charge in [0, 0.05) is 17.0 Å². The van der Waals surface area contributed by atoms with E-state index < -0.39 is 0 Å². The summed E-state index contributed by atoms with van der Waals surface area (Å²) in [5, 5.41) is 4.16. The minimum atomic E-state index is 0.0200. The van der Waals surface area contributed by atoms with Crippen molar-refractivity contribution in [1.29, 1.82) is 0 Å². The van der Waals surface area contributed by atoms with Gasteiger partial charge in [0.1, 0.15) is 0 Å². The van der Waals surface area contributed by atoms with Crippen LogP contribution in [0.3, 0.4) is 0 Å². The maximum Gasteiger partial charge on any atom is 0.252 e. The van der Waals surface area contributed by atoms with Crippen molar-refractivity contribution in [2.45, 2.75) is 56.3 Å². The van der Waals surface area contributed by atoms with Gasteiger partial charge in [-0.3, -0.25) is 9.78 Å². The molecular formula is C19H20N2O2. The van der Waals surface area contributed by atoms with Crippen molar-refractivity contribution < 1.29 is 9.53 Å². The average molecular weight is 308 g/mol. The molecular weight excluding hydrogens is 288 g/mol. The summed E-state index contributed by atoms with van der Waals surface area (Å²) in [6.45, 7) is 0. The maximum atomic E-state index is 12.9. The van der Waals surface area contributed by atoms with Crippen molar-refractivity contribution in [3.63, 3.8) is 0 Å². The zero-order chi connectivity index (χ0) is 15.4. The second kappa shape index (κ2) is 5.03. The van der Waals surface area contributed by atoms with Gasteiger partial charge in [-0.15, -0.1) is 0 Å². The predicted octanol–water partition coefficient (Wildman–Crippen LogP) is 3.16. The second-order valence-electron chi connectivity index (χ2n) is 7.08. The third-order valence-electron chi connectivity index (χ3n) is 5.40. The summed E-state index contributed by atoms with van der Waals surface area (Å²) in [4.78, 5) is 17.6. The first-order valence-corrected chi connectivity index (χ1v) is 8.64. The Kier molecular flexibility index (Phi) is 2.95. The molecule has 1 aliphatic carbocycles. The maximum absolute atomic E-state index is 12.9. The van der Waals surface area contributed by atoms with Crippen molar-refractivity contribution in [3.05, 3.63) is 41.6 Å². The first-order valence-electron chi connectivity index (χ1n) is 8.64. The summed E-state index contributed by atoms with van der Waals surface area (Å²) in [7, 11) is 0. The number of carbonyl (C=O) groups is 1. The van der Waals surface area contributed by atoms with Gasteiger partial charge in [-0.1, -0.05) is 18.2 Å². The number of amides is 1. The second-order valence-corrected chi connectivity index (χ2v) is 7.08. The first kappa shape index (κ1) is 13.5. The lowest BCUT2D eigenvalue weighted by Crippen LogP contribution is -2.41. The van der Waals surface area contributed by atoms with Crippen LogP contribution in [0.4, 0.5) is 0 Å². The molecule has 1 saturated carbocycles. The number of rotatable bonds is 3. The third kappa shape index (κ3) is 2.32. The lowest BCUT2D eigenvalue weighted by atomic mass is 9.95. The number of pyridine rings is 1. The largest absolute Gasteiger partial charge is 0.373 e. The zero-order valence-corrected chi connectivity index (χ0v) is 13.0. The Bertz CT molecular complexity index is 784. The predicted molar refractivity (Wildman–Crippen MR) is 87.5 cm³/mol. The molecule has 3 heterocycles. The van der Waals surface area contributed by atoms with Gasteiger partial charge in [0.15, 0.2) is 0 Å². The number of nitrogens with zero attached hydrogens (tertiary/aromatic N) is 1. The van der Waals surface area contributed by atoms with Crippen LogP contribution < -0.4 is 5.32 Å². The molecule has 23 heavy (non-hydrogen) atoms. The standard InChI is InChI=1S/C19H20N2O2/c22-19(21-17-9-12-7-8-18(17)23-12)14-10-16(11-5-6-11)20-15-4-2-1-3-13(14)15/h1-4,10-12,17-18H,5-9H2,(H,21,22)/t12-,17-,18-/m0/s1. The molecule has 1 N–H and O–H groups in total. The lowest BCUT2D eigenvalue weighted by molar-refractivity contribution is 0.0842. The van der Waals surface area contributed by atoms with Gasteiger partial charge >= 0.3 is 0 Å². The normalized spacial score (nSPS) is 29.1. The smallest absolute Gasteiger partial charge is 0.252 e. The van der Waals surface area contributed by atoms with Gasteiger partial charge in [0.05, 0.1) is 29.3 Å². The van der Waals surface area contributed by atoms with Gasteiger partial charge in [-0.2, -0.15) is 0 Å². The fourth-order valence-electron chi connectivity index (χ4n) is 4.01. The Hall–Kier alpha value is -1.94. The zero-order valence-electron chi connectivity index (χ0n) is 13.0. The molecule has 2 bridgehead atoms. The first-order chi connectivity index (χ1) is 11.3. The molecule has 2 aromatic rings. The number of hydrogen-bond donors (Lipinski definition) is 1. The molecule has 5 rings (SSSR count). The Labute approximate surface area is 135 Å². The Morgan fingerprint density at radius 1 is 1.17 bits per heavy atom. The van der Waals surface area contributed by atoms with E-state index >= 15 is 0 Å². The van der Waals surface area contributed by atoms with Gasteiger partial charge in [0.2, 0.25) is 0 Å². The van der Waals surface area contributed by atoms with Gasteiger partial charge in [-0.25, -0.2) is 0 Å². The molecule has 3 fully saturated rings. The summed E-state index contributed by atoms with van der Waals surface area (Å²) in [5.74, 6) is 0.559. The van der Waals surface area contributed by atoms with Gasteiger partial charge < -0.3 is 10.1 Å². The van der Waals surface area contributed by atoms with Crippen LogP contribution in [0.25, 0.3) is 10.9 Å². The van der Waals surface area contributed by atoms with Crippen LogP contribution in [0.5, 0.6) is 0 Å². The van der Waals surface area contributed by atoms with E-state index in [-0.39, 0.29) is 18.1 Å². The SMILES string of the molecule is O=C(N[C@H]1C[C@@H]2CC[C@@H]1O2)c1cc(C2CC2)nc2ccccc12. The van der Waals surface area contributed by atoms with E-state index in [2.05, 4.69) is 5.32 Å². The Morgan fingerprint density at radius 2 is 2.04 bits per heavy atom.